The van der Waals surface area contributed by atoms with Gasteiger partial charge in [0.25, 0.3) is 0 Å². The lowest BCUT2D eigenvalue weighted by molar-refractivity contribution is -0.0325. The fourth-order valence-electron chi connectivity index (χ4n) is 4.63. The highest BCUT2D eigenvalue weighted by atomic mass is 16.5. The molecule has 3 aromatic rings. The van der Waals surface area contributed by atoms with Gasteiger partial charge in [0.1, 0.15) is 0 Å². The highest BCUT2D eigenvalue weighted by molar-refractivity contribution is 5.80. The Labute approximate surface area is 154 Å². The zero-order valence-corrected chi connectivity index (χ0v) is 15.2. The molecule has 5 rings (SSSR count). The van der Waals surface area contributed by atoms with Crippen LogP contribution >= 0.6 is 0 Å². The molecule has 2 aliphatic heterocycles. The van der Waals surface area contributed by atoms with Gasteiger partial charge in [-0.2, -0.15) is 0 Å². The second kappa shape index (κ2) is 6.54. The van der Waals surface area contributed by atoms with Crippen LogP contribution in [0, 0.1) is 0 Å². The van der Waals surface area contributed by atoms with Crippen LogP contribution in [-0.4, -0.2) is 54.7 Å². The summed E-state index contributed by atoms with van der Waals surface area (Å²) in [7, 11) is 2.26. The third-order valence-electron chi connectivity index (χ3n) is 5.86. The van der Waals surface area contributed by atoms with E-state index in [-0.39, 0.29) is 0 Å². The average Bonchev–Trinajstić information content (AvgIpc) is 3.12. The van der Waals surface area contributed by atoms with Crippen molar-refractivity contribution in [2.75, 3.05) is 39.9 Å². The summed E-state index contributed by atoms with van der Waals surface area (Å²) in [6.45, 7) is 4.68. The van der Waals surface area contributed by atoms with Crippen LogP contribution in [0.4, 0.5) is 0 Å². The summed E-state index contributed by atoms with van der Waals surface area (Å²) >= 11 is 0. The standard InChI is InChI=1S/C22H25N3O/c1-24-15-19(21-14-16-6-2-5-9-20(16)23-21)17-7-3-4-8-18(17)22(24)25-10-12-26-13-11-25/h2-9,14,19,22-23H,10-13,15H2,1H3. The van der Waals surface area contributed by atoms with Gasteiger partial charge in [-0.1, -0.05) is 42.5 Å². The van der Waals surface area contributed by atoms with Crippen LogP contribution in [-0.2, 0) is 4.74 Å². The van der Waals surface area contributed by atoms with Gasteiger partial charge in [-0.3, -0.25) is 9.80 Å². The summed E-state index contributed by atoms with van der Waals surface area (Å²) in [6, 6.07) is 19.8. The molecule has 26 heavy (non-hydrogen) atoms. The summed E-state index contributed by atoms with van der Waals surface area (Å²) in [6.07, 6.45) is 0.343. The zero-order chi connectivity index (χ0) is 17.5. The second-order valence-electron chi connectivity index (χ2n) is 7.46. The number of ether oxygens (including phenoxy) is 1. The topological polar surface area (TPSA) is 31.5 Å². The fourth-order valence-corrected chi connectivity index (χ4v) is 4.63. The van der Waals surface area contributed by atoms with E-state index in [1.54, 1.807) is 0 Å². The first-order chi connectivity index (χ1) is 12.8. The maximum Gasteiger partial charge on any atom is 0.0888 e. The van der Waals surface area contributed by atoms with Crippen molar-refractivity contribution in [3.63, 3.8) is 0 Å². The third-order valence-corrected chi connectivity index (χ3v) is 5.86. The molecule has 2 unspecified atom stereocenters. The molecule has 3 heterocycles. The van der Waals surface area contributed by atoms with Crippen molar-refractivity contribution >= 4 is 10.9 Å². The molecule has 0 amide bonds. The minimum absolute atomic E-state index is 0.343. The number of rotatable bonds is 2. The lowest BCUT2D eigenvalue weighted by atomic mass is 9.85. The molecule has 0 bridgehead atoms. The van der Waals surface area contributed by atoms with Gasteiger partial charge in [-0.05, 0) is 35.7 Å². The number of fused-ring (bicyclic) bond motifs is 2. The van der Waals surface area contributed by atoms with E-state index in [1.165, 1.54) is 27.7 Å². The van der Waals surface area contributed by atoms with Crippen LogP contribution < -0.4 is 0 Å². The number of hydrogen-bond donors (Lipinski definition) is 1. The van der Waals surface area contributed by atoms with Crippen molar-refractivity contribution in [3.05, 3.63) is 71.4 Å². The van der Waals surface area contributed by atoms with E-state index in [1.807, 2.05) is 0 Å². The maximum absolute atomic E-state index is 5.57. The molecule has 4 heteroatoms. The molecule has 1 saturated heterocycles. The first kappa shape index (κ1) is 16.1. The molecule has 0 radical (unpaired) electrons. The van der Waals surface area contributed by atoms with Gasteiger partial charge in [-0.25, -0.2) is 0 Å². The van der Waals surface area contributed by atoms with Gasteiger partial charge in [0.15, 0.2) is 0 Å². The van der Waals surface area contributed by atoms with Crippen LogP contribution in [0.25, 0.3) is 10.9 Å². The number of hydrogen-bond acceptors (Lipinski definition) is 3. The van der Waals surface area contributed by atoms with Gasteiger partial charge in [0.2, 0.25) is 0 Å². The van der Waals surface area contributed by atoms with Gasteiger partial charge in [0, 0.05) is 36.8 Å². The molecule has 0 aliphatic carbocycles. The van der Waals surface area contributed by atoms with Crippen LogP contribution in [0.2, 0.25) is 0 Å². The largest absolute Gasteiger partial charge is 0.379 e. The Morgan fingerprint density at radius 2 is 1.69 bits per heavy atom. The van der Waals surface area contributed by atoms with Crippen molar-refractivity contribution in [3.8, 4) is 0 Å². The molecule has 134 valence electrons. The first-order valence-corrected chi connectivity index (χ1v) is 9.50. The van der Waals surface area contributed by atoms with Gasteiger partial charge >= 0.3 is 0 Å². The molecule has 2 aliphatic rings. The van der Waals surface area contributed by atoms with Crippen LogP contribution in [0.3, 0.4) is 0 Å². The summed E-state index contributed by atoms with van der Waals surface area (Å²) in [4.78, 5) is 8.72. The molecule has 2 aromatic carbocycles. The predicted molar refractivity (Wildman–Crippen MR) is 104 cm³/mol. The number of nitrogens with zero attached hydrogens (tertiary/aromatic N) is 2. The summed E-state index contributed by atoms with van der Waals surface area (Å²) < 4.78 is 5.57. The fraction of sp³-hybridized carbons (Fsp3) is 0.364. The van der Waals surface area contributed by atoms with Gasteiger partial charge < -0.3 is 9.72 Å². The lowest BCUT2D eigenvalue weighted by Crippen LogP contribution is -2.49. The monoisotopic (exact) mass is 347 g/mol. The number of likely N-dealkylation sites (N-methyl/N-ethyl adjacent to an activating group) is 1. The van der Waals surface area contributed by atoms with E-state index in [0.29, 0.717) is 12.1 Å². The summed E-state index contributed by atoms with van der Waals surface area (Å²) in [5, 5.41) is 1.29. The van der Waals surface area contributed by atoms with Crippen molar-refractivity contribution < 1.29 is 4.74 Å². The molecule has 1 N–H and O–H groups in total. The Morgan fingerprint density at radius 3 is 2.50 bits per heavy atom. The van der Waals surface area contributed by atoms with Crippen LogP contribution in [0.15, 0.2) is 54.6 Å². The third kappa shape index (κ3) is 2.65. The Kier molecular flexibility index (Phi) is 4.04. The van der Waals surface area contributed by atoms with Gasteiger partial charge in [-0.15, -0.1) is 0 Å². The van der Waals surface area contributed by atoms with Crippen molar-refractivity contribution in [1.82, 2.24) is 14.8 Å². The molecule has 1 fully saturated rings. The molecule has 0 spiro atoms. The number of nitrogens with one attached hydrogen (secondary N) is 1. The van der Waals surface area contributed by atoms with E-state index >= 15 is 0 Å². The number of H-pyrrole nitrogens is 1. The van der Waals surface area contributed by atoms with Crippen molar-refractivity contribution in [2.24, 2.45) is 0 Å². The van der Waals surface area contributed by atoms with Crippen LogP contribution in [0.1, 0.15) is 28.9 Å². The highest BCUT2D eigenvalue weighted by Crippen LogP contribution is 2.40. The highest BCUT2D eigenvalue weighted by Gasteiger charge is 2.36. The zero-order valence-electron chi connectivity index (χ0n) is 15.2. The minimum Gasteiger partial charge on any atom is -0.379 e. The Hall–Kier alpha value is -2.14. The normalized spacial score (nSPS) is 24.7. The average molecular weight is 347 g/mol. The van der Waals surface area contributed by atoms with Crippen LogP contribution in [0.5, 0.6) is 0 Å². The van der Waals surface area contributed by atoms with E-state index in [9.17, 15) is 0 Å². The number of morpholine rings is 1. The summed E-state index contributed by atoms with van der Waals surface area (Å²) in [5.74, 6) is 0.376. The number of para-hydroxylation sites is 1. The van der Waals surface area contributed by atoms with E-state index in [2.05, 4.69) is 76.4 Å². The number of aromatic amines is 1. The first-order valence-electron chi connectivity index (χ1n) is 9.50. The van der Waals surface area contributed by atoms with E-state index in [0.717, 1.165) is 32.8 Å². The molecular formula is C22H25N3O. The Balaban J connectivity index is 1.57. The molecule has 1 aromatic heterocycles. The second-order valence-corrected chi connectivity index (χ2v) is 7.46. The van der Waals surface area contributed by atoms with Crippen molar-refractivity contribution in [1.29, 1.82) is 0 Å². The van der Waals surface area contributed by atoms with E-state index < -0.39 is 0 Å². The minimum atomic E-state index is 0.343. The van der Waals surface area contributed by atoms with Crippen molar-refractivity contribution in [2.45, 2.75) is 12.1 Å². The predicted octanol–water partition coefficient (Wildman–Crippen LogP) is 3.58. The summed E-state index contributed by atoms with van der Waals surface area (Å²) in [5.41, 5.74) is 5.42. The molecule has 4 nitrogen and oxygen atoms in total. The Bertz CT molecular complexity index is 879. The number of benzene rings is 2. The molecule has 2 atom stereocenters. The molecular weight excluding hydrogens is 322 g/mol. The Morgan fingerprint density at radius 1 is 0.962 bits per heavy atom. The lowest BCUT2D eigenvalue weighted by Gasteiger charge is -2.45. The van der Waals surface area contributed by atoms with Gasteiger partial charge in [0.05, 0.1) is 19.4 Å². The molecule has 0 saturated carbocycles. The maximum atomic E-state index is 5.57. The quantitative estimate of drug-likeness (QED) is 0.769. The smallest absolute Gasteiger partial charge is 0.0888 e. The number of aromatic nitrogens is 1. The van der Waals surface area contributed by atoms with E-state index in [4.69, 9.17) is 4.74 Å². The SMILES string of the molecule is CN1CC(c2cc3ccccc3[nH]2)c2ccccc2C1N1CCOCC1.